The minimum atomic E-state index is -1.15. The van der Waals surface area contributed by atoms with Crippen LogP contribution in [0.4, 0.5) is 4.39 Å². The molecule has 1 aliphatic rings. The first kappa shape index (κ1) is 12.1. The molecule has 100 valence electrons. The van der Waals surface area contributed by atoms with Crippen molar-refractivity contribution in [2.45, 2.75) is 38.0 Å². The summed E-state index contributed by atoms with van der Waals surface area (Å²) in [5.74, 6) is -0.566. The molecule has 0 saturated heterocycles. The third-order valence-corrected chi connectivity index (χ3v) is 3.79. The van der Waals surface area contributed by atoms with Crippen LogP contribution in [-0.2, 0) is 0 Å². The van der Waals surface area contributed by atoms with E-state index in [1.807, 2.05) is 0 Å². The average Bonchev–Trinajstić information content (AvgIpc) is 2.82. The zero-order valence-corrected chi connectivity index (χ0v) is 10.4. The molecule has 1 aliphatic carbocycles. The first-order valence-corrected chi connectivity index (χ1v) is 6.57. The van der Waals surface area contributed by atoms with Crippen LogP contribution in [0.25, 0.3) is 11.0 Å². The van der Waals surface area contributed by atoms with Crippen molar-refractivity contribution in [3.63, 3.8) is 0 Å². The molecule has 3 rings (SSSR count). The van der Waals surface area contributed by atoms with E-state index >= 15 is 0 Å². The Balaban J connectivity index is 2.09. The molecular formula is C14H15FN2O2. The predicted octanol–water partition coefficient (Wildman–Crippen LogP) is 3.45. The Hall–Kier alpha value is -1.91. The maximum Gasteiger partial charge on any atom is 0.338 e. The van der Waals surface area contributed by atoms with Gasteiger partial charge in [-0.2, -0.15) is 0 Å². The molecule has 5 heteroatoms. The highest BCUT2D eigenvalue weighted by Crippen LogP contribution is 2.32. The minimum Gasteiger partial charge on any atom is -0.478 e. The van der Waals surface area contributed by atoms with Gasteiger partial charge in [0.05, 0.1) is 11.1 Å². The largest absolute Gasteiger partial charge is 0.478 e. The van der Waals surface area contributed by atoms with Crippen LogP contribution in [0.5, 0.6) is 0 Å². The lowest BCUT2D eigenvalue weighted by molar-refractivity contribution is 0.0698. The Bertz CT molecular complexity index is 630. The van der Waals surface area contributed by atoms with Gasteiger partial charge < -0.3 is 10.1 Å². The molecule has 0 spiro atoms. The van der Waals surface area contributed by atoms with Gasteiger partial charge in [0.15, 0.2) is 0 Å². The van der Waals surface area contributed by atoms with E-state index in [1.54, 1.807) is 0 Å². The number of hydrogen-bond donors (Lipinski definition) is 2. The molecule has 4 nitrogen and oxygen atoms in total. The zero-order valence-electron chi connectivity index (χ0n) is 10.4. The number of imidazole rings is 1. The summed E-state index contributed by atoms with van der Waals surface area (Å²) in [7, 11) is 0. The monoisotopic (exact) mass is 262 g/mol. The molecule has 0 bridgehead atoms. The fraction of sp³-hybridized carbons (Fsp3) is 0.429. The normalized spacial score (nSPS) is 16.9. The zero-order chi connectivity index (χ0) is 13.4. The van der Waals surface area contributed by atoms with Crippen molar-refractivity contribution < 1.29 is 14.3 Å². The van der Waals surface area contributed by atoms with Gasteiger partial charge in [-0.15, -0.1) is 0 Å². The molecule has 1 aromatic heterocycles. The molecule has 2 N–H and O–H groups in total. The third-order valence-electron chi connectivity index (χ3n) is 3.79. The van der Waals surface area contributed by atoms with Crippen LogP contribution < -0.4 is 0 Å². The Morgan fingerprint density at radius 3 is 2.74 bits per heavy atom. The third kappa shape index (κ3) is 2.20. The number of halogens is 1. The molecule has 1 aromatic carbocycles. The fourth-order valence-corrected chi connectivity index (χ4v) is 2.83. The highest BCUT2D eigenvalue weighted by Gasteiger charge is 2.21. The lowest BCUT2D eigenvalue weighted by Crippen LogP contribution is -2.06. The van der Waals surface area contributed by atoms with E-state index < -0.39 is 11.8 Å². The van der Waals surface area contributed by atoms with E-state index in [9.17, 15) is 9.18 Å². The molecule has 1 saturated carbocycles. The number of fused-ring (bicyclic) bond motifs is 1. The molecule has 2 aromatic rings. The molecule has 0 atom stereocenters. The van der Waals surface area contributed by atoms with Crippen molar-refractivity contribution in [2.24, 2.45) is 0 Å². The summed E-state index contributed by atoms with van der Waals surface area (Å²) in [5.41, 5.74) is 0.751. The SMILES string of the molecule is O=C(O)c1cc(F)cc2[nH]c(C3CCCCC3)nc12. The topological polar surface area (TPSA) is 66.0 Å². The van der Waals surface area contributed by atoms with E-state index in [4.69, 9.17) is 5.11 Å². The summed E-state index contributed by atoms with van der Waals surface area (Å²) in [6, 6.07) is 2.33. The molecule has 1 fully saturated rings. The number of aromatic carboxylic acids is 1. The van der Waals surface area contributed by atoms with Gasteiger partial charge in [-0.1, -0.05) is 19.3 Å². The number of hydrogen-bond acceptors (Lipinski definition) is 2. The Morgan fingerprint density at radius 1 is 1.32 bits per heavy atom. The number of nitrogens with one attached hydrogen (secondary N) is 1. The first-order valence-electron chi connectivity index (χ1n) is 6.57. The van der Waals surface area contributed by atoms with Gasteiger partial charge in [0.2, 0.25) is 0 Å². The van der Waals surface area contributed by atoms with Crippen molar-refractivity contribution in [3.8, 4) is 0 Å². The smallest absolute Gasteiger partial charge is 0.338 e. The summed E-state index contributed by atoms with van der Waals surface area (Å²) < 4.78 is 13.4. The van der Waals surface area contributed by atoms with Crippen LogP contribution in [-0.4, -0.2) is 21.0 Å². The molecule has 0 radical (unpaired) electrons. The lowest BCUT2D eigenvalue weighted by Gasteiger charge is -2.18. The van der Waals surface area contributed by atoms with Crippen molar-refractivity contribution in [1.82, 2.24) is 9.97 Å². The van der Waals surface area contributed by atoms with Crippen molar-refractivity contribution >= 4 is 17.0 Å². The quantitative estimate of drug-likeness (QED) is 0.871. The molecule has 1 heterocycles. The first-order chi connectivity index (χ1) is 9.15. The number of rotatable bonds is 2. The molecular weight excluding hydrogens is 247 g/mol. The predicted molar refractivity (Wildman–Crippen MR) is 68.8 cm³/mol. The second kappa shape index (κ2) is 4.64. The van der Waals surface area contributed by atoms with E-state index in [2.05, 4.69) is 9.97 Å². The molecule has 0 aliphatic heterocycles. The maximum absolute atomic E-state index is 13.4. The van der Waals surface area contributed by atoms with Crippen LogP contribution in [0.1, 0.15) is 54.2 Å². The minimum absolute atomic E-state index is 0.0756. The van der Waals surface area contributed by atoms with Crippen LogP contribution in [0.3, 0.4) is 0 Å². The van der Waals surface area contributed by atoms with Gasteiger partial charge in [0.1, 0.15) is 17.2 Å². The summed E-state index contributed by atoms with van der Waals surface area (Å²) in [5, 5.41) is 9.11. The highest BCUT2D eigenvalue weighted by molar-refractivity contribution is 6.01. The molecule has 19 heavy (non-hydrogen) atoms. The summed E-state index contributed by atoms with van der Waals surface area (Å²) in [6.45, 7) is 0. The van der Waals surface area contributed by atoms with Gasteiger partial charge in [-0.3, -0.25) is 0 Å². The van der Waals surface area contributed by atoms with Crippen LogP contribution in [0, 0.1) is 5.82 Å². The molecule has 0 amide bonds. The second-order valence-corrected chi connectivity index (χ2v) is 5.11. The Labute approximate surface area is 109 Å². The number of carbonyl (C=O) groups is 1. The van der Waals surface area contributed by atoms with Crippen LogP contribution in [0.15, 0.2) is 12.1 Å². The maximum atomic E-state index is 13.4. The summed E-state index contributed by atoms with van der Waals surface area (Å²) in [6.07, 6.45) is 5.70. The number of carboxylic acid groups (broad SMARTS) is 1. The number of nitrogens with zero attached hydrogens (tertiary/aromatic N) is 1. The number of aromatic amines is 1. The van der Waals surface area contributed by atoms with Gasteiger partial charge in [-0.05, 0) is 25.0 Å². The average molecular weight is 262 g/mol. The second-order valence-electron chi connectivity index (χ2n) is 5.11. The lowest BCUT2D eigenvalue weighted by atomic mass is 9.89. The van der Waals surface area contributed by atoms with Gasteiger partial charge in [0.25, 0.3) is 0 Å². The standard InChI is InChI=1S/C14H15FN2O2/c15-9-6-10(14(18)19)12-11(7-9)16-13(17-12)8-4-2-1-3-5-8/h6-8H,1-5H2,(H,16,17)(H,18,19). The molecule has 0 unspecified atom stereocenters. The number of carboxylic acids is 1. The number of H-pyrrole nitrogens is 1. The van der Waals surface area contributed by atoms with Crippen LogP contribution in [0.2, 0.25) is 0 Å². The summed E-state index contributed by atoms with van der Waals surface area (Å²) in [4.78, 5) is 18.6. The van der Waals surface area contributed by atoms with Gasteiger partial charge >= 0.3 is 5.97 Å². The fourth-order valence-electron chi connectivity index (χ4n) is 2.83. The highest BCUT2D eigenvalue weighted by atomic mass is 19.1. The van der Waals surface area contributed by atoms with Gasteiger partial charge in [0, 0.05) is 5.92 Å². The van der Waals surface area contributed by atoms with Crippen molar-refractivity contribution in [1.29, 1.82) is 0 Å². The van der Waals surface area contributed by atoms with E-state index in [-0.39, 0.29) is 5.56 Å². The van der Waals surface area contributed by atoms with E-state index in [1.165, 1.54) is 25.3 Å². The van der Waals surface area contributed by atoms with Crippen molar-refractivity contribution in [3.05, 3.63) is 29.3 Å². The van der Waals surface area contributed by atoms with E-state index in [0.29, 0.717) is 17.0 Å². The summed E-state index contributed by atoms with van der Waals surface area (Å²) >= 11 is 0. The van der Waals surface area contributed by atoms with Gasteiger partial charge in [-0.25, -0.2) is 14.2 Å². The number of aromatic nitrogens is 2. The number of benzene rings is 1. The van der Waals surface area contributed by atoms with Crippen molar-refractivity contribution in [2.75, 3.05) is 0 Å². The van der Waals surface area contributed by atoms with Crippen LogP contribution >= 0.6 is 0 Å². The van der Waals surface area contributed by atoms with E-state index in [0.717, 1.165) is 24.7 Å². The Morgan fingerprint density at radius 2 is 2.05 bits per heavy atom. The Kier molecular flexibility index (Phi) is 2.97.